The van der Waals surface area contributed by atoms with Crippen molar-refractivity contribution < 1.29 is 9.90 Å². The van der Waals surface area contributed by atoms with Gasteiger partial charge < -0.3 is 10.4 Å². The van der Waals surface area contributed by atoms with Gasteiger partial charge in [0.1, 0.15) is 0 Å². The Morgan fingerprint density at radius 1 is 0.938 bits per heavy atom. The lowest BCUT2D eigenvalue weighted by Crippen LogP contribution is -2.14. The number of para-hydroxylation sites is 2. The maximum Gasteiger partial charge on any atom is 0.279 e. The van der Waals surface area contributed by atoms with E-state index in [1.54, 1.807) is 41.8 Å². The second-order valence-corrected chi connectivity index (χ2v) is 8.43. The standard InChI is InChI=1S/C24H15N5O2S/c30-23(22-24(31)28-18-7-3-2-6-17(18)27-22)26-15-9-14-12-25-29-21(14)16(11-15)20-10-13-5-1-4-8-19(13)32-20/h1-12H,(H,25,29)(H,26,30)(H,28,31). The quantitative estimate of drug-likeness (QED) is 0.346. The smallest absolute Gasteiger partial charge is 0.279 e. The van der Waals surface area contributed by atoms with E-state index >= 15 is 0 Å². The molecule has 0 radical (unpaired) electrons. The number of rotatable bonds is 3. The maximum atomic E-state index is 12.9. The number of aromatic nitrogens is 4. The number of aromatic hydroxyl groups is 1. The van der Waals surface area contributed by atoms with Crippen molar-refractivity contribution >= 4 is 55.0 Å². The summed E-state index contributed by atoms with van der Waals surface area (Å²) in [6.45, 7) is 0. The molecule has 3 aromatic heterocycles. The summed E-state index contributed by atoms with van der Waals surface area (Å²) in [6, 6.07) is 21.1. The number of nitrogens with zero attached hydrogens (tertiary/aromatic N) is 3. The number of benzene rings is 3. The van der Waals surface area contributed by atoms with Gasteiger partial charge in [0.15, 0.2) is 5.69 Å². The second kappa shape index (κ2) is 7.14. The van der Waals surface area contributed by atoms with Gasteiger partial charge in [0, 0.05) is 26.2 Å². The molecule has 3 N–H and O–H groups in total. The van der Waals surface area contributed by atoms with Crippen LogP contribution in [-0.2, 0) is 0 Å². The van der Waals surface area contributed by atoms with Crippen LogP contribution in [-0.4, -0.2) is 31.2 Å². The molecule has 0 aliphatic carbocycles. The Labute approximate surface area is 185 Å². The van der Waals surface area contributed by atoms with Crippen molar-refractivity contribution in [2.24, 2.45) is 0 Å². The molecule has 6 rings (SSSR count). The summed E-state index contributed by atoms with van der Waals surface area (Å²) in [5.41, 5.74) is 3.33. The van der Waals surface area contributed by atoms with Gasteiger partial charge in [-0.2, -0.15) is 5.10 Å². The Bertz CT molecular complexity index is 1620. The van der Waals surface area contributed by atoms with E-state index < -0.39 is 11.8 Å². The molecule has 3 aromatic carbocycles. The van der Waals surface area contributed by atoms with Crippen molar-refractivity contribution in [2.75, 3.05) is 5.32 Å². The molecule has 3 heterocycles. The highest BCUT2D eigenvalue weighted by Gasteiger charge is 2.18. The molecule has 8 heteroatoms. The first-order valence-corrected chi connectivity index (χ1v) is 10.7. The van der Waals surface area contributed by atoms with Gasteiger partial charge in [-0.15, -0.1) is 11.3 Å². The molecule has 7 nitrogen and oxygen atoms in total. The van der Waals surface area contributed by atoms with Crippen LogP contribution >= 0.6 is 11.3 Å². The molecular formula is C24H15N5O2S. The first kappa shape index (κ1) is 18.5. The maximum absolute atomic E-state index is 12.9. The highest BCUT2D eigenvalue weighted by atomic mass is 32.1. The first-order chi connectivity index (χ1) is 15.7. The minimum Gasteiger partial charge on any atom is -0.492 e. The fraction of sp³-hybridized carbons (Fsp3) is 0. The summed E-state index contributed by atoms with van der Waals surface area (Å²) in [5, 5.41) is 22.4. The number of anilines is 1. The van der Waals surface area contributed by atoms with E-state index in [2.05, 4.69) is 43.7 Å². The molecule has 0 saturated carbocycles. The molecule has 6 aromatic rings. The average molecular weight is 437 g/mol. The Morgan fingerprint density at radius 3 is 2.56 bits per heavy atom. The number of carbonyl (C=O) groups is 1. The van der Waals surface area contributed by atoms with E-state index in [1.807, 2.05) is 24.3 Å². The number of nitrogens with one attached hydrogen (secondary N) is 2. The zero-order valence-electron chi connectivity index (χ0n) is 16.5. The van der Waals surface area contributed by atoms with Gasteiger partial charge in [0.25, 0.3) is 5.91 Å². The zero-order chi connectivity index (χ0) is 21.7. The largest absolute Gasteiger partial charge is 0.492 e. The van der Waals surface area contributed by atoms with Gasteiger partial charge in [-0.25, -0.2) is 9.97 Å². The van der Waals surface area contributed by atoms with Crippen LogP contribution < -0.4 is 5.32 Å². The van der Waals surface area contributed by atoms with Gasteiger partial charge in [-0.3, -0.25) is 9.89 Å². The Balaban J connectivity index is 1.42. The fourth-order valence-electron chi connectivity index (χ4n) is 3.77. The van der Waals surface area contributed by atoms with E-state index in [-0.39, 0.29) is 5.69 Å². The molecule has 0 fully saturated rings. The number of carbonyl (C=O) groups excluding carboxylic acids is 1. The Kier molecular flexibility index (Phi) is 4.12. The molecule has 0 aliphatic rings. The third-order valence-corrected chi connectivity index (χ3v) is 6.41. The first-order valence-electron chi connectivity index (χ1n) is 9.89. The van der Waals surface area contributed by atoms with Crippen LogP contribution in [0.4, 0.5) is 5.69 Å². The van der Waals surface area contributed by atoms with E-state index in [0.29, 0.717) is 16.7 Å². The van der Waals surface area contributed by atoms with Crippen LogP contribution in [0.5, 0.6) is 5.88 Å². The summed E-state index contributed by atoms with van der Waals surface area (Å²) in [7, 11) is 0. The molecule has 1 amide bonds. The van der Waals surface area contributed by atoms with Crippen molar-refractivity contribution in [3.05, 3.63) is 78.6 Å². The van der Waals surface area contributed by atoms with Crippen molar-refractivity contribution in [3.8, 4) is 16.3 Å². The van der Waals surface area contributed by atoms with E-state index in [0.717, 1.165) is 26.7 Å². The van der Waals surface area contributed by atoms with Gasteiger partial charge in [-0.05, 0) is 41.8 Å². The van der Waals surface area contributed by atoms with E-state index in [1.165, 1.54) is 4.70 Å². The molecular weight excluding hydrogens is 422 g/mol. The zero-order valence-corrected chi connectivity index (χ0v) is 17.4. The van der Waals surface area contributed by atoms with Crippen molar-refractivity contribution in [1.29, 1.82) is 0 Å². The summed E-state index contributed by atoms with van der Waals surface area (Å²) in [4.78, 5) is 22.4. The molecule has 154 valence electrons. The third kappa shape index (κ3) is 3.05. The van der Waals surface area contributed by atoms with Crippen molar-refractivity contribution in [2.45, 2.75) is 0 Å². The third-order valence-electron chi connectivity index (χ3n) is 5.26. The van der Waals surface area contributed by atoms with Crippen LogP contribution in [0.3, 0.4) is 0 Å². The van der Waals surface area contributed by atoms with Crippen LogP contribution in [0.25, 0.3) is 42.5 Å². The number of aromatic amines is 1. The summed E-state index contributed by atoms with van der Waals surface area (Å²) in [5.74, 6) is -0.943. The molecule has 0 aliphatic heterocycles. The minimum absolute atomic E-state index is 0.126. The predicted molar refractivity (Wildman–Crippen MR) is 126 cm³/mol. The normalized spacial score (nSPS) is 11.4. The molecule has 0 atom stereocenters. The molecule has 0 saturated heterocycles. The number of H-pyrrole nitrogens is 1. The van der Waals surface area contributed by atoms with Crippen LogP contribution in [0, 0.1) is 0 Å². The van der Waals surface area contributed by atoms with E-state index in [9.17, 15) is 9.90 Å². The minimum atomic E-state index is -0.536. The van der Waals surface area contributed by atoms with Gasteiger partial charge >= 0.3 is 0 Å². The number of amides is 1. The lowest BCUT2D eigenvalue weighted by molar-refractivity contribution is 0.101. The van der Waals surface area contributed by atoms with E-state index in [4.69, 9.17) is 0 Å². The predicted octanol–water partition coefficient (Wildman–Crippen LogP) is 5.35. The molecule has 0 unspecified atom stereocenters. The van der Waals surface area contributed by atoms with Gasteiger partial charge in [0.2, 0.25) is 5.88 Å². The number of thiophene rings is 1. The van der Waals surface area contributed by atoms with Crippen LogP contribution in [0.2, 0.25) is 0 Å². The van der Waals surface area contributed by atoms with Gasteiger partial charge in [0.05, 0.1) is 22.7 Å². The second-order valence-electron chi connectivity index (χ2n) is 7.35. The summed E-state index contributed by atoms with van der Waals surface area (Å²) >= 11 is 1.67. The lowest BCUT2D eigenvalue weighted by Gasteiger charge is -2.09. The topological polar surface area (TPSA) is 104 Å². The summed E-state index contributed by atoms with van der Waals surface area (Å²) in [6.07, 6.45) is 1.72. The summed E-state index contributed by atoms with van der Waals surface area (Å²) < 4.78 is 1.18. The monoisotopic (exact) mass is 437 g/mol. The van der Waals surface area contributed by atoms with Crippen LogP contribution in [0.1, 0.15) is 10.5 Å². The lowest BCUT2D eigenvalue weighted by atomic mass is 10.1. The number of hydrogen-bond acceptors (Lipinski definition) is 6. The Morgan fingerprint density at radius 2 is 1.72 bits per heavy atom. The van der Waals surface area contributed by atoms with Crippen molar-refractivity contribution in [1.82, 2.24) is 20.2 Å². The highest BCUT2D eigenvalue weighted by Crippen LogP contribution is 2.38. The SMILES string of the molecule is O=C(Nc1cc(-c2cc3ccccc3s2)c2[nH]ncc2c1)c1nc2ccccc2nc1O. The Hall–Kier alpha value is -4.30. The van der Waals surface area contributed by atoms with Gasteiger partial charge in [-0.1, -0.05) is 30.3 Å². The molecule has 32 heavy (non-hydrogen) atoms. The van der Waals surface area contributed by atoms with Crippen LogP contribution in [0.15, 0.2) is 72.9 Å². The van der Waals surface area contributed by atoms with Crippen molar-refractivity contribution in [3.63, 3.8) is 0 Å². The molecule has 0 spiro atoms. The highest BCUT2D eigenvalue weighted by molar-refractivity contribution is 7.22. The fourth-order valence-corrected chi connectivity index (χ4v) is 4.86. The molecule has 0 bridgehead atoms. The average Bonchev–Trinajstić information content (AvgIpc) is 3.45. The number of fused-ring (bicyclic) bond motifs is 3. The number of hydrogen-bond donors (Lipinski definition) is 3.